The Morgan fingerprint density at radius 3 is 2.85 bits per heavy atom. The molecule has 5 nitrogen and oxygen atoms in total. The Bertz CT molecular complexity index is 548. The third kappa shape index (κ3) is 3.09. The van der Waals surface area contributed by atoms with E-state index in [0.717, 1.165) is 6.42 Å². The lowest BCUT2D eigenvalue weighted by atomic mass is 10.1. The molecule has 1 aromatic heterocycles. The van der Waals surface area contributed by atoms with Crippen LogP contribution in [0, 0.1) is 11.3 Å². The minimum Gasteiger partial charge on any atom is -0.378 e. The molecule has 0 aliphatic carbocycles. The highest BCUT2D eigenvalue weighted by atomic mass is 35.5. The van der Waals surface area contributed by atoms with E-state index >= 15 is 0 Å². The SMILES string of the molecule is CCCc1nc(Cl)c(C#N)cc1C(=O)N1CCOCC1. The third-order valence-electron chi connectivity index (χ3n) is 3.19. The van der Waals surface area contributed by atoms with Crippen LogP contribution in [0.25, 0.3) is 0 Å². The van der Waals surface area contributed by atoms with Crippen LogP contribution in [0.15, 0.2) is 6.07 Å². The van der Waals surface area contributed by atoms with Crippen LogP contribution >= 0.6 is 11.6 Å². The van der Waals surface area contributed by atoms with Gasteiger partial charge in [-0.25, -0.2) is 4.98 Å². The zero-order valence-electron chi connectivity index (χ0n) is 11.4. The van der Waals surface area contributed by atoms with E-state index < -0.39 is 0 Å². The zero-order valence-corrected chi connectivity index (χ0v) is 12.1. The number of pyridine rings is 1. The minimum absolute atomic E-state index is 0.0996. The van der Waals surface area contributed by atoms with Gasteiger partial charge in [0, 0.05) is 13.1 Å². The van der Waals surface area contributed by atoms with Gasteiger partial charge >= 0.3 is 0 Å². The number of morpholine rings is 1. The normalized spacial score (nSPS) is 14.9. The van der Waals surface area contributed by atoms with Crippen LogP contribution in [-0.2, 0) is 11.2 Å². The first kappa shape index (κ1) is 14.8. The number of carbonyl (C=O) groups is 1. The average molecular weight is 294 g/mol. The maximum atomic E-state index is 12.6. The number of carbonyl (C=O) groups excluding carboxylic acids is 1. The van der Waals surface area contributed by atoms with E-state index in [1.807, 2.05) is 13.0 Å². The van der Waals surface area contributed by atoms with Crippen molar-refractivity contribution in [3.05, 3.63) is 28.0 Å². The molecular formula is C14H16ClN3O2. The molecule has 1 fully saturated rings. The van der Waals surface area contributed by atoms with E-state index in [1.54, 1.807) is 11.0 Å². The van der Waals surface area contributed by atoms with E-state index in [1.165, 1.54) is 0 Å². The fourth-order valence-corrected chi connectivity index (χ4v) is 2.35. The first-order valence-electron chi connectivity index (χ1n) is 6.64. The molecule has 20 heavy (non-hydrogen) atoms. The van der Waals surface area contributed by atoms with Gasteiger partial charge in [0.1, 0.15) is 11.2 Å². The number of nitrogens with zero attached hydrogens (tertiary/aromatic N) is 3. The molecule has 0 saturated carbocycles. The number of hydrogen-bond acceptors (Lipinski definition) is 4. The van der Waals surface area contributed by atoms with Crippen molar-refractivity contribution in [3.8, 4) is 6.07 Å². The van der Waals surface area contributed by atoms with Gasteiger partial charge in [0.25, 0.3) is 5.91 Å². The highest BCUT2D eigenvalue weighted by Crippen LogP contribution is 2.20. The second-order valence-electron chi connectivity index (χ2n) is 4.59. The lowest BCUT2D eigenvalue weighted by molar-refractivity contribution is 0.0302. The van der Waals surface area contributed by atoms with E-state index in [4.69, 9.17) is 21.6 Å². The van der Waals surface area contributed by atoms with Crippen molar-refractivity contribution in [2.24, 2.45) is 0 Å². The van der Waals surface area contributed by atoms with Crippen LogP contribution in [0.5, 0.6) is 0 Å². The standard InChI is InChI=1S/C14H16ClN3O2/c1-2-3-12-11(8-10(9-16)13(15)17-12)14(19)18-4-6-20-7-5-18/h8H,2-7H2,1H3. The van der Waals surface area contributed by atoms with Crippen molar-refractivity contribution >= 4 is 17.5 Å². The van der Waals surface area contributed by atoms with Crippen LogP contribution in [0.2, 0.25) is 5.15 Å². The number of hydrogen-bond donors (Lipinski definition) is 0. The first-order valence-corrected chi connectivity index (χ1v) is 7.01. The zero-order chi connectivity index (χ0) is 14.5. The molecule has 0 radical (unpaired) electrons. The van der Waals surface area contributed by atoms with Crippen molar-refractivity contribution in [1.82, 2.24) is 9.88 Å². The van der Waals surface area contributed by atoms with E-state index in [-0.39, 0.29) is 16.6 Å². The monoisotopic (exact) mass is 293 g/mol. The third-order valence-corrected chi connectivity index (χ3v) is 3.48. The highest BCUT2D eigenvalue weighted by Gasteiger charge is 2.23. The number of rotatable bonds is 3. The van der Waals surface area contributed by atoms with Crippen LogP contribution in [0.1, 0.15) is 35.0 Å². The summed E-state index contributed by atoms with van der Waals surface area (Å²) in [5, 5.41) is 9.20. The molecule has 0 atom stereocenters. The Morgan fingerprint density at radius 1 is 1.55 bits per heavy atom. The van der Waals surface area contributed by atoms with E-state index in [0.29, 0.717) is 44.0 Å². The molecule has 2 heterocycles. The summed E-state index contributed by atoms with van der Waals surface area (Å²) < 4.78 is 5.24. The van der Waals surface area contributed by atoms with Crippen molar-refractivity contribution in [2.75, 3.05) is 26.3 Å². The molecule has 0 spiro atoms. The Morgan fingerprint density at radius 2 is 2.25 bits per heavy atom. The van der Waals surface area contributed by atoms with Crippen molar-refractivity contribution < 1.29 is 9.53 Å². The van der Waals surface area contributed by atoms with Crippen molar-refractivity contribution in [2.45, 2.75) is 19.8 Å². The van der Waals surface area contributed by atoms with Gasteiger partial charge in [-0.1, -0.05) is 24.9 Å². The Kier molecular flexibility index (Phi) is 4.94. The molecule has 1 aliphatic rings. The summed E-state index contributed by atoms with van der Waals surface area (Å²) in [6.07, 6.45) is 1.52. The van der Waals surface area contributed by atoms with Gasteiger partial charge in [-0.05, 0) is 12.5 Å². The van der Waals surface area contributed by atoms with Crippen molar-refractivity contribution in [1.29, 1.82) is 5.26 Å². The molecule has 1 saturated heterocycles. The number of aryl methyl sites for hydroxylation is 1. The number of ether oxygens (including phenoxy) is 1. The largest absolute Gasteiger partial charge is 0.378 e. The molecule has 0 unspecified atom stereocenters. The summed E-state index contributed by atoms with van der Waals surface area (Å²) in [5.41, 5.74) is 1.38. The fraction of sp³-hybridized carbons (Fsp3) is 0.500. The summed E-state index contributed by atoms with van der Waals surface area (Å²) in [7, 11) is 0. The lowest BCUT2D eigenvalue weighted by Gasteiger charge is -2.27. The predicted octanol–water partition coefficient (Wildman–Crippen LogP) is 2.03. The van der Waals surface area contributed by atoms with E-state index in [2.05, 4.69) is 4.98 Å². The van der Waals surface area contributed by atoms with Crippen molar-refractivity contribution in [3.63, 3.8) is 0 Å². The van der Waals surface area contributed by atoms with Gasteiger partial charge < -0.3 is 9.64 Å². The van der Waals surface area contributed by atoms with Gasteiger partial charge in [-0.2, -0.15) is 5.26 Å². The summed E-state index contributed by atoms with van der Waals surface area (Å²) in [6, 6.07) is 3.53. The lowest BCUT2D eigenvalue weighted by Crippen LogP contribution is -2.41. The average Bonchev–Trinajstić information content (AvgIpc) is 2.48. The molecule has 106 valence electrons. The maximum absolute atomic E-state index is 12.6. The quantitative estimate of drug-likeness (QED) is 0.800. The van der Waals surface area contributed by atoms with Gasteiger partial charge in [-0.15, -0.1) is 0 Å². The Hall–Kier alpha value is -1.64. The fourth-order valence-electron chi connectivity index (χ4n) is 2.15. The van der Waals surface area contributed by atoms with Gasteiger partial charge in [0.2, 0.25) is 0 Å². The minimum atomic E-state index is -0.0996. The van der Waals surface area contributed by atoms with Gasteiger partial charge in [0.15, 0.2) is 0 Å². The predicted molar refractivity (Wildman–Crippen MR) is 74.7 cm³/mol. The summed E-state index contributed by atoms with van der Waals surface area (Å²) in [4.78, 5) is 18.5. The Balaban J connectivity index is 2.37. The molecule has 0 N–H and O–H groups in total. The summed E-state index contributed by atoms with van der Waals surface area (Å²) in [6.45, 7) is 4.22. The number of halogens is 1. The molecule has 0 aromatic carbocycles. The number of aromatic nitrogens is 1. The molecule has 2 rings (SSSR count). The smallest absolute Gasteiger partial charge is 0.255 e. The summed E-state index contributed by atoms with van der Waals surface area (Å²) in [5.74, 6) is -0.0996. The molecule has 1 aromatic rings. The maximum Gasteiger partial charge on any atom is 0.255 e. The highest BCUT2D eigenvalue weighted by molar-refractivity contribution is 6.30. The summed E-state index contributed by atoms with van der Waals surface area (Å²) >= 11 is 5.95. The first-order chi connectivity index (χ1) is 9.67. The number of amides is 1. The number of nitriles is 1. The molecule has 6 heteroatoms. The second kappa shape index (κ2) is 6.69. The van der Waals surface area contributed by atoms with Gasteiger partial charge in [0.05, 0.1) is 30.0 Å². The van der Waals surface area contributed by atoms with Crippen LogP contribution in [0.4, 0.5) is 0 Å². The van der Waals surface area contributed by atoms with Crippen LogP contribution in [-0.4, -0.2) is 42.1 Å². The topological polar surface area (TPSA) is 66.2 Å². The van der Waals surface area contributed by atoms with Crippen LogP contribution < -0.4 is 0 Å². The van der Waals surface area contributed by atoms with Gasteiger partial charge in [-0.3, -0.25) is 4.79 Å². The van der Waals surface area contributed by atoms with E-state index in [9.17, 15) is 4.79 Å². The molecule has 1 aliphatic heterocycles. The van der Waals surface area contributed by atoms with Crippen LogP contribution in [0.3, 0.4) is 0 Å². The molecular weight excluding hydrogens is 278 g/mol. The second-order valence-corrected chi connectivity index (χ2v) is 4.95. The molecule has 1 amide bonds. The molecule has 0 bridgehead atoms. The Labute approximate surface area is 123 Å².